The zero-order valence-corrected chi connectivity index (χ0v) is 22.3. The first-order valence-corrected chi connectivity index (χ1v) is 14.0. The average molecular weight is 486 g/mol. The lowest BCUT2D eigenvalue weighted by atomic mass is 9.89. The maximum Gasteiger partial charge on any atom is 0.168 e. The summed E-state index contributed by atoms with van der Waals surface area (Å²) < 4.78 is 24.1. The summed E-state index contributed by atoms with van der Waals surface area (Å²) in [6, 6.07) is 11.7. The molecule has 0 aliphatic carbocycles. The van der Waals surface area contributed by atoms with Crippen LogP contribution in [-0.4, -0.2) is 54.5 Å². The molecule has 35 heavy (non-hydrogen) atoms. The van der Waals surface area contributed by atoms with Crippen LogP contribution in [0.1, 0.15) is 90.5 Å². The van der Waals surface area contributed by atoms with E-state index in [0.29, 0.717) is 12.1 Å². The molecule has 0 amide bonds. The smallest absolute Gasteiger partial charge is 0.168 e. The van der Waals surface area contributed by atoms with Gasteiger partial charge < -0.3 is 18.9 Å². The van der Waals surface area contributed by atoms with Crippen molar-refractivity contribution < 1.29 is 18.9 Å². The Kier molecular flexibility index (Phi) is 9.83. The molecule has 1 aromatic rings. The minimum absolute atomic E-state index is 0.259. The zero-order chi connectivity index (χ0) is 24.6. The highest BCUT2D eigenvalue weighted by molar-refractivity contribution is 5.15. The highest BCUT2D eigenvalue weighted by Crippen LogP contribution is 2.36. The normalized spacial score (nSPS) is 28.4. The van der Waals surface area contributed by atoms with E-state index in [1.165, 1.54) is 44.1 Å². The minimum Gasteiger partial charge on any atom is -0.349 e. The molecule has 0 bridgehead atoms. The van der Waals surface area contributed by atoms with Crippen molar-refractivity contribution in [1.82, 2.24) is 4.90 Å². The van der Waals surface area contributed by atoms with Crippen LogP contribution in [0.15, 0.2) is 42.5 Å². The van der Waals surface area contributed by atoms with Crippen LogP contribution in [0.4, 0.5) is 0 Å². The fourth-order valence-electron chi connectivity index (χ4n) is 5.92. The molecule has 3 saturated heterocycles. The summed E-state index contributed by atoms with van der Waals surface area (Å²) in [5, 5.41) is 0. The van der Waals surface area contributed by atoms with Crippen molar-refractivity contribution in [3.05, 3.63) is 48.0 Å². The SMILES string of the molecule is CCC1(CCCCCC/C=C/C[C@H]2CC[C@H]3OC(C)(C)OC[C@@H]3N2Cc2ccccc2)OCCO1. The quantitative estimate of drug-likeness (QED) is 0.246. The molecule has 0 N–H and O–H groups in total. The molecule has 5 nitrogen and oxygen atoms in total. The Morgan fingerprint density at radius 3 is 2.49 bits per heavy atom. The number of benzene rings is 1. The van der Waals surface area contributed by atoms with E-state index >= 15 is 0 Å². The molecule has 0 unspecified atom stereocenters. The average Bonchev–Trinajstić information content (AvgIpc) is 3.33. The predicted molar refractivity (Wildman–Crippen MR) is 140 cm³/mol. The molecule has 4 rings (SSSR count). The molecular formula is C30H47NO4. The molecular weight excluding hydrogens is 438 g/mol. The van der Waals surface area contributed by atoms with Crippen molar-refractivity contribution in [2.45, 2.75) is 121 Å². The second-order valence-corrected chi connectivity index (χ2v) is 10.9. The first kappa shape index (κ1) is 26.8. The third-order valence-electron chi connectivity index (χ3n) is 7.96. The first-order chi connectivity index (χ1) is 17.0. The number of hydrogen-bond acceptors (Lipinski definition) is 5. The maximum absolute atomic E-state index is 6.33. The third-order valence-corrected chi connectivity index (χ3v) is 7.96. The van der Waals surface area contributed by atoms with E-state index in [4.69, 9.17) is 18.9 Å². The molecule has 3 heterocycles. The first-order valence-electron chi connectivity index (χ1n) is 14.0. The van der Waals surface area contributed by atoms with Crippen LogP contribution in [0.3, 0.4) is 0 Å². The molecule has 5 heteroatoms. The van der Waals surface area contributed by atoms with Crippen LogP contribution in [0.5, 0.6) is 0 Å². The van der Waals surface area contributed by atoms with Gasteiger partial charge in [0, 0.05) is 19.0 Å². The van der Waals surface area contributed by atoms with Gasteiger partial charge in [-0.1, -0.05) is 62.2 Å². The monoisotopic (exact) mass is 485 g/mol. The van der Waals surface area contributed by atoms with Gasteiger partial charge in [-0.2, -0.15) is 0 Å². The van der Waals surface area contributed by atoms with Gasteiger partial charge in [-0.3, -0.25) is 4.90 Å². The molecule has 3 fully saturated rings. The van der Waals surface area contributed by atoms with E-state index in [1.807, 2.05) is 13.8 Å². The van der Waals surface area contributed by atoms with Crippen LogP contribution < -0.4 is 0 Å². The number of hydrogen-bond donors (Lipinski definition) is 0. The Bertz CT molecular complexity index is 774. The largest absolute Gasteiger partial charge is 0.349 e. The Hall–Kier alpha value is -1.24. The van der Waals surface area contributed by atoms with Gasteiger partial charge in [0.2, 0.25) is 0 Å². The number of ether oxygens (including phenoxy) is 4. The molecule has 3 aliphatic heterocycles. The molecule has 196 valence electrons. The van der Waals surface area contributed by atoms with Gasteiger partial charge in [0.1, 0.15) is 0 Å². The molecule has 3 atom stereocenters. The molecule has 1 aromatic carbocycles. The molecule has 0 aromatic heterocycles. The van der Waals surface area contributed by atoms with Crippen molar-refractivity contribution in [1.29, 1.82) is 0 Å². The van der Waals surface area contributed by atoms with Gasteiger partial charge in [-0.05, 0) is 64.4 Å². The van der Waals surface area contributed by atoms with Crippen LogP contribution in [-0.2, 0) is 25.5 Å². The summed E-state index contributed by atoms with van der Waals surface area (Å²) in [5.74, 6) is -0.755. The number of unbranched alkanes of at least 4 members (excludes halogenated alkanes) is 4. The lowest BCUT2D eigenvalue weighted by molar-refractivity contribution is -0.305. The second-order valence-electron chi connectivity index (χ2n) is 10.9. The molecule has 0 radical (unpaired) electrons. The summed E-state index contributed by atoms with van der Waals surface area (Å²) in [7, 11) is 0. The predicted octanol–water partition coefficient (Wildman–Crippen LogP) is 6.61. The molecule has 0 saturated carbocycles. The number of piperidine rings is 1. The van der Waals surface area contributed by atoms with E-state index in [-0.39, 0.29) is 11.9 Å². The zero-order valence-electron chi connectivity index (χ0n) is 22.3. The van der Waals surface area contributed by atoms with Crippen molar-refractivity contribution in [3.63, 3.8) is 0 Å². The Labute approximate surface area is 213 Å². The van der Waals surface area contributed by atoms with E-state index in [9.17, 15) is 0 Å². The third kappa shape index (κ3) is 7.62. The van der Waals surface area contributed by atoms with Gasteiger partial charge in [0.25, 0.3) is 0 Å². The van der Waals surface area contributed by atoms with Gasteiger partial charge in [-0.25, -0.2) is 0 Å². The van der Waals surface area contributed by atoms with E-state index in [1.54, 1.807) is 0 Å². The standard InChI is InChI=1S/C30H47NO4/c1-4-30(32-21-22-33-30)20-14-9-7-5-6-8-13-17-26-18-19-28-27(24-34-29(2,3)35-28)31(26)23-25-15-11-10-12-16-25/h8,10-13,15-16,26-28H,4-7,9,14,17-24H2,1-3H3/b13-8+/t26-,27-,28+/m0/s1. The van der Waals surface area contributed by atoms with Gasteiger partial charge in [-0.15, -0.1) is 0 Å². The van der Waals surface area contributed by atoms with Crippen LogP contribution in [0.2, 0.25) is 0 Å². The number of nitrogens with zero attached hydrogens (tertiary/aromatic N) is 1. The van der Waals surface area contributed by atoms with Crippen molar-refractivity contribution in [3.8, 4) is 0 Å². The Morgan fingerprint density at radius 1 is 0.943 bits per heavy atom. The van der Waals surface area contributed by atoms with Gasteiger partial charge in [0.05, 0.1) is 32.0 Å². The lowest BCUT2D eigenvalue weighted by Gasteiger charge is -2.51. The van der Waals surface area contributed by atoms with Crippen molar-refractivity contribution in [2.75, 3.05) is 19.8 Å². The molecule has 3 aliphatic rings. The van der Waals surface area contributed by atoms with Crippen LogP contribution in [0, 0.1) is 0 Å². The van der Waals surface area contributed by atoms with Crippen molar-refractivity contribution in [2.24, 2.45) is 0 Å². The fraction of sp³-hybridized carbons (Fsp3) is 0.733. The minimum atomic E-state index is -0.472. The number of rotatable bonds is 12. The highest BCUT2D eigenvalue weighted by Gasteiger charge is 2.44. The highest BCUT2D eigenvalue weighted by atomic mass is 16.7. The van der Waals surface area contributed by atoms with Crippen molar-refractivity contribution >= 4 is 0 Å². The molecule has 0 spiro atoms. The van der Waals surface area contributed by atoms with Crippen LogP contribution in [0.25, 0.3) is 0 Å². The fourth-order valence-corrected chi connectivity index (χ4v) is 5.92. The summed E-state index contributed by atoms with van der Waals surface area (Å²) in [4.78, 5) is 2.65. The Balaban J connectivity index is 1.21. The second kappa shape index (κ2) is 12.8. The topological polar surface area (TPSA) is 40.2 Å². The van der Waals surface area contributed by atoms with E-state index in [2.05, 4.69) is 54.3 Å². The lowest BCUT2D eigenvalue weighted by Crippen LogP contribution is -2.61. The number of fused-ring (bicyclic) bond motifs is 1. The Morgan fingerprint density at radius 2 is 1.71 bits per heavy atom. The number of likely N-dealkylation sites (tertiary alicyclic amines) is 1. The van der Waals surface area contributed by atoms with E-state index < -0.39 is 5.79 Å². The summed E-state index contributed by atoms with van der Waals surface area (Å²) >= 11 is 0. The van der Waals surface area contributed by atoms with Crippen LogP contribution >= 0.6 is 0 Å². The maximum atomic E-state index is 6.33. The summed E-state index contributed by atoms with van der Waals surface area (Å²) in [6.07, 6.45) is 16.6. The summed E-state index contributed by atoms with van der Waals surface area (Å²) in [5.41, 5.74) is 1.37. The van der Waals surface area contributed by atoms with Gasteiger partial charge >= 0.3 is 0 Å². The van der Waals surface area contributed by atoms with E-state index in [0.717, 1.165) is 52.0 Å². The van der Waals surface area contributed by atoms with Gasteiger partial charge in [0.15, 0.2) is 11.6 Å². The number of allylic oxidation sites excluding steroid dienone is 1. The summed E-state index contributed by atoms with van der Waals surface area (Å²) in [6.45, 7) is 9.46.